The van der Waals surface area contributed by atoms with Crippen LogP contribution in [0.4, 0.5) is 14.9 Å². The van der Waals surface area contributed by atoms with Crippen LogP contribution in [0.15, 0.2) is 66.1 Å². The Morgan fingerprint density at radius 3 is 2.42 bits per heavy atom. The number of urea groups is 1. The van der Waals surface area contributed by atoms with Gasteiger partial charge < -0.3 is 0 Å². The minimum absolute atomic E-state index is 0.0635. The molecule has 0 saturated heterocycles. The van der Waals surface area contributed by atoms with Gasteiger partial charge in [0.15, 0.2) is 0 Å². The molecule has 1 aliphatic rings. The number of hydrogen-bond acceptors (Lipinski definition) is 3. The summed E-state index contributed by atoms with van der Waals surface area (Å²) >= 11 is 0. The first-order valence-electron chi connectivity index (χ1n) is 7.24. The SMILES string of the molecule is C=CCN1C(=O)N(Cc2ccc(F)cc2)S(=O)(=O)c2ccccc21. The van der Waals surface area contributed by atoms with Gasteiger partial charge in [-0.3, -0.25) is 4.90 Å². The zero-order valence-corrected chi connectivity index (χ0v) is 13.5. The number of amides is 2. The molecule has 124 valence electrons. The molecule has 0 bridgehead atoms. The second-order valence-electron chi connectivity index (χ2n) is 5.29. The van der Waals surface area contributed by atoms with Crippen molar-refractivity contribution in [3.8, 4) is 0 Å². The van der Waals surface area contributed by atoms with Crippen molar-refractivity contribution >= 4 is 21.7 Å². The molecule has 0 aliphatic carbocycles. The van der Waals surface area contributed by atoms with Crippen LogP contribution < -0.4 is 4.90 Å². The van der Waals surface area contributed by atoms with E-state index in [2.05, 4.69) is 6.58 Å². The number of para-hydroxylation sites is 1. The first-order chi connectivity index (χ1) is 11.4. The third-order valence-corrected chi connectivity index (χ3v) is 5.49. The molecule has 24 heavy (non-hydrogen) atoms. The fourth-order valence-corrected chi connectivity index (χ4v) is 4.12. The molecule has 0 spiro atoms. The zero-order valence-electron chi connectivity index (χ0n) is 12.7. The summed E-state index contributed by atoms with van der Waals surface area (Å²) < 4.78 is 39.5. The van der Waals surface area contributed by atoms with Crippen LogP contribution in [0.2, 0.25) is 0 Å². The van der Waals surface area contributed by atoms with Gasteiger partial charge in [0, 0.05) is 6.54 Å². The Labute approximate surface area is 139 Å². The largest absolute Gasteiger partial charge is 0.339 e. The van der Waals surface area contributed by atoms with Gasteiger partial charge in [0.05, 0.1) is 12.2 Å². The van der Waals surface area contributed by atoms with Gasteiger partial charge in [-0.05, 0) is 29.8 Å². The Hall–Kier alpha value is -2.67. The molecule has 0 unspecified atom stereocenters. The van der Waals surface area contributed by atoms with Crippen LogP contribution in [0, 0.1) is 5.82 Å². The first kappa shape index (κ1) is 16.2. The summed E-state index contributed by atoms with van der Waals surface area (Å²) in [5.41, 5.74) is 0.851. The van der Waals surface area contributed by atoms with Gasteiger partial charge in [-0.15, -0.1) is 6.58 Å². The molecule has 0 fully saturated rings. The van der Waals surface area contributed by atoms with E-state index < -0.39 is 21.9 Å². The summed E-state index contributed by atoms with van der Waals surface area (Å²) in [4.78, 5) is 14.1. The smallest absolute Gasteiger partial charge is 0.288 e. The summed E-state index contributed by atoms with van der Waals surface area (Å²) in [5.74, 6) is -0.426. The average Bonchev–Trinajstić information content (AvgIpc) is 2.57. The maximum atomic E-state index is 13.0. The van der Waals surface area contributed by atoms with Crippen LogP contribution in [0.5, 0.6) is 0 Å². The van der Waals surface area contributed by atoms with Crippen LogP contribution in [-0.4, -0.2) is 25.3 Å². The number of sulfonamides is 1. The van der Waals surface area contributed by atoms with Crippen LogP contribution >= 0.6 is 0 Å². The van der Waals surface area contributed by atoms with Crippen molar-refractivity contribution in [1.29, 1.82) is 0 Å². The van der Waals surface area contributed by atoms with Crippen molar-refractivity contribution in [2.75, 3.05) is 11.4 Å². The number of anilines is 1. The van der Waals surface area contributed by atoms with E-state index in [9.17, 15) is 17.6 Å². The van der Waals surface area contributed by atoms with Crippen LogP contribution in [0.25, 0.3) is 0 Å². The Morgan fingerprint density at radius 2 is 1.75 bits per heavy atom. The number of halogens is 1. The highest BCUT2D eigenvalue weighted by Crippen LogP contribution is 2.34. The van der Waals surface area contributed by atoms with E-state index in [4.69, 9.17) is 0 Å². The van der Waals surface area contributed by atoms with Gasteiger partial charge in [-0.1, -0.05) is 30.3 Å². The first-order valence-corrected chi connectivity index (χ1v) is 8.68. The van der Waals surface area contributed by atoms with Crippen LogP contribution in [0.3, 0.4) is 0 Å². The average molecular weight is 346 g/mol. The lowest BCUT2D eigenvalue weighted by molar-refractivity contribution is 0.227. The number of rotatable bonds is 4. The third kappa shape index (κ3) is 2.67. The third-order valence-electron chi connectivity index (χ3n) is 3.72. The zero-order chi connectivity index (χ0) is 17.3. The lowest BCUT2D eigenvalue weighted by atomic mass is 10.2. The molecule has 0 radical (unpaired) electrons. The summed E-state index contributed by atoms with van der Waals surface area (Å²) in [5, 5.41) is 0. The number of hydrogen-bond donors (Lipinski definition) is 0. The standard InChI is InChI=1S/C17H15FN2O3S/c1-2-11-19-15-5-3-4-6-16(15)24(22,23)20(17(19)21)12-13-7-9-14(18)10-8-13/h2-10H,1,11-12H2. The Bertz CT molecular complexity index is 894. The van der Waals surface area contributed by atoms with Crippen molar-refractivity contribution in [3.63, 3.8) is 0 Å². The van der Waals surface area contributed by atoms with Gasteiger partial charge >= 0.3 is 6.03 Å². The molecule has 7 heteroatoms. The molecule has 0 aromatic heterocycles. The molecule has 0 saturated carbocycles. The molecule has 2 amide bonds. The minimum Gasteiger partial charge on any atom is -0.288 e. The second-order valence-corrected chi connectivity index (χ2v) is 7.12. The van der Waals surface area contributed by atoms with E-state index in [0.29, 0.717) is 11.3 Å². The summed E-state index contributed by atoms with van der Waals surface area (Å²) in [6.45, 7) is 3.64. The normalized spacial score (nSPS) is 16.0. The minimum atomic E-state index is -3.98. The monoisotopic (exact) mass is 346 g/mol. The molecule has 2 aromatic carbocycles. The van der Waals surface area contributed by atoms with Crippen molar-refractivity contribution < 1.29 is 17.6 Å². The maximum absolute atomic E-state index is 13.0. The van der Waals surface area contributed by atoms with Gasteiger partial charge in [0.25, 0.3) is 10.0 Å². The summed E-state index contributed by atoms with van der Waals surface area (Å²) in [7, 11) is -3.98. The molecule has 3 rings (SSSR count). The van der Waals surface area contributed by atoms with Gasteiger partial charge in [-0.2, -0.15) is 0 Å². The molecular weight excluding hydrogens is 331 g/mol. The quantitative estimate of drug-likeness (QED) is 0.799. The van der Waals surface area contributed by atoms with E-state index in [1.54, 1.807) is 18.2 Å². The van der Waals surface area contributed by atoms with E-state index >= 15 is 0 Å². The Morgan fingerprint density at radius 1 is 1.08 bits per heavy atom. The van der Waals surface area contributed by atoms with Crippen molar-refractivity contribution in [2.24, 2.45) is 0 Å². The van der Waals surface area contributed by atoms with Crippen LogP contribution in [-0.2, 0) is 16.6 Å². The fourth-order valence-electron chi connectivity index (χ4n) is 2.57. The molecule has 0 N–H and O–H groups in total. The maximum Gasteiger partial charge on any atom is 0.339 e. The molecule has 1 aliphatic heterocycles. The highest BCUT2D eigenvalue weighted by Gasteiger charge is 2.40. The molecule has 2 aromatic rings. The fraction of sp³-hybridized carbons (Fsp3) is 0.118. The number of nitrogens with zero attached hydrogens (tertiary/aromatic N) is 2. The topological polar surface area (TPSA) is 57.7 Å². The highest BCUT2D eigenvalue weighted by atomic mass is 32.2. The molecule has 0 atom stereocenters. The lowest BCUT2D eigenvalue weighted by Gasteiger charge is -2.35. The molecule has 5 nitrogen and oxygen atoms in total. The lowest BCUT2D eigenvalue weighted by Crippen LogP contribution is -2.50. The van der Waals surface area contributed by atoms with Gasteiger partial charge in [0.1, 0.15) is 10.7 Å². The number of benzene rings is 2. The molecule has 1 heterocycles. The van der Waals surface area contributed by atoms with Crippen LogP contribution in [0.1, 0.15) is 5.56 Å². The highest BCUT2D eigenvalue weighted by molar-refractivity contribution is 7.90. The summed E-state index contributed by atoms with van der Waals surface area (Å²) in [6, 6.07) is 11.0. The van der Waals surface area contributed by atoms with Crippen molar-refractivity contribution in [3.05, 3.63) is 72.6 Å². The predicted octanol–water partition coefficient (Wildman–Crippen LogP) is 3.14. The van der Waals surface area contributed by atoms with E-state index in [-0.39, 0.29) is 18.0 Å². The second kappa shape index (κ2) is 6.09. The van der Waals surface area contributed by atoms with E-state index in [1.807, 2.05) is 0 Å². The molecular formula is C17H15FN2O3S. The van der Waals surface area contributed by atoms with Gasteiger partial charge in [-0.25, -0.2) is 21.9 Å². The Balaban J connectivity index is 2.07. The van der Waals surface area contributed by atoms with Crippen molar-refractivity contribution in [1.82, 2.24) is 4.31 Å². The van der Waals surface area contributed by atoms with Crippen molar-refractivity contribution in [2.45, 2.75) is 11.4 Å². The number of fused-ring (bicyclic) bond motifs is 1. The number of carbonyl (C=O) groups excluding carboxylic acids is 1. The summed E-state index contributed by atoms with van der Waals surface area (Å²) in [6.07, 6.45) is 1.53. The Kier molecular flexibility index (Phi) is 4.11. The van der Waals surface area contributed by atoms with Gasteiger partial charge in [0.2, 0.25) is 0 Å². The number of carbonyl (C=O) groups is 1. The van der Waals surface area contributed by atoms with E-state index in [0.717, 1.165) is 4.31 Å². The van der Waals surface area contributed by atoms with E-state index in [1.165, 1.54) is 41.3 Å². The predicted molar refractivity (Wildman–Crippen MR) is 88.5 cm³/mol.